The summed E-state index contributed by atoms with van der Waals surface area (Å²) in [5.41, 5.74) is 16.8. The maximum atomic E-state index is 14.6. The summed E-state index contributed by atoms with van der Waals surface area (Å²) in [6, 6.07) is -4.54. The molecule has 24 nitrogen and oxygen atoms in total. The van der Waals surface area contributed by atoms with Crippen molar-refractivity contribution in [2.24, 2.45) is 29.0 Å². The fraction of sp³-hybridized carbons (Fsp3) is 0.622. The average molecular weight is 1040 g/mol. The van der Waals surface area contributed by atoms with Crippen molar-refractivity contribution in [2.45, 2.75) is 127 Å². The molecule has 0 bridgehead atoms. The van der Waals surface area contributed by atoms with E-state index in [1.54, 1.807) is 26.0 Å². The molecule has 0 spiro atoms. The lowest BCUT2D eigenvalue weighted by Crippen LogP contribution is -2.61. The molecule has 0 radical (unpaired) electrons. The van der Waals surface area contributed by atoms with Gasteiger partial charge in [0.1, 0.15) is 48.0 Å². The third kappa shape index (κ3) is 18.8. The number of carbonyl (C=O) groups excluding carboxylic acids is 11. The number of nitrogens with two attached hydrogens (primary N) is 3. The second kappa shape index (κ2) is 28.6. The van der Waals surface area contributed by atoms with Gasteiger partial charge in [-0.05, 0) is 62.3 Å². The smallest absolute Gasteiger partial charge is 0.246 e. The van der Waals surface area contributed by atoms with Crippen LogP contribution in [0, 0.1) is 11.8 Å². The molecular formula is C45H70N12O12S2. The highest BCUT2D eigenvalue weighted by atomic mass is 33.1. The van der Waals surface area contributed by atoms with E-state index < -0.39 is 139 Å². The third-order valence-corrected chi connectivity index (χ3v) is 14.3. The zero-order valence-electron chi connectivity index (χ0n) is 40.9. The molecule has 1 aromatic rings. The molecule has 0 unspecified atom stereocenters. The van der Waals surface area contributed by atoms with Crippen molar-refractivity contribution < 1.29 is 57.8 Å². The van der Waals surface area contributed by atoms with E-state index in [9.17, 15) is 57.8 Å². The SMILES string of the molecule is CC[C@H](C)[C@@H]1NC(=O)[C@H](Cc2ccc(O)cc2)NC(=O)[C@@H](NC)CSSC[C@@H](C(=O)N2CCC[C@H]2C(=O)N[C@@H](CC(C)C)C(=O)N(C)CC(N)=O)NC(=O)[C@H](CC(N)=O)NC(=O)[C@H](CCC(N)=O)NC1=O. The van der Waals surface area contributed by atoms with Crippen LogP contribution < -0.4 is 54.4 Å². The van der Waals surface area contributed by atoms with Crippen LogP contribution in [-0.4, -0.2) is 167 Å². The lowest BCUT2D eigenvalue weighted by molar-refractivity contribution is -0.143. The number of nitrogens with zero attached hydrogens (tertiary/aromatic N) is 2. The van der Waals surface area contributed by atoms with Crippen molar-refractivity contribution in [3.05, 3.63) is 29.8 Å². The Labute approximate surface area is 420 Å². The van der Waals surface area contributed by atoms with Crippen LogP contribution in [0.5, 0.6) is 5.75 Å². The Balaban J connectivity index is 2.08. The monoisotopic (exact) mass is 1030 g/mol. The van der Waals surface area contributed by atoms with Gasteiger partial charge in [0.15, 0.2) is 0 Å². The number of hydrogen-bond acceptors (Lipinski definition) is 15. The first-order valence-electron chi connectivity index (χ1n) is 23.4. The Kier molecular flexibility index (Phi) is 23.9. The van der Waals surface area contributed by atoms with E-state index in [-0.39, 0.29) is 55.4 Å². The van der Waals surface area contributed by atoms with Gasteiger partial charge in [-0.25, -0.2) is 0 Å². The molecular weight excluding hydrogens is 965 g/mol. The molecule has 394 valence electrons. The molecule has 2 saturated heterocycles. The van der Waals surface area contributed by atoms with E-state index in [1.807, 2.05) is 13.8 Å². The number of primary amides is 3. The predicted octanol–water partition coefficient (Wildman–Crippen LogP) is -3.01. The normalized spacial score (nSPS) is 24.0. The summed E-state index contributed by atoms with van der Waals surface area (Å²) >= 11 is 0. The Morgan fingerprint density at radius 3 is 2.00 bits per heavy atom. The summed E-state index contributed by atoms with van der Waals surface area (Å²) in [7, 11) is 5.08. The lowest BCUT2D eigenvalue weighted by atomic mass is 9.96. The Hall–Kier alpha value is -6.15. The van der Waals surface area contributed by atoms with Gasteiger partial charge in [0, 0.05) is 37.9 Å². The van der Waals surface area contributed by atoms with Gasteiger partial charge in [-0.2, -0.15) is 0 Å². The fourth-order valence-corrected chi connectivity index (χ4v) is 10.2. The molecule has 14 N–H and O–H groups in total. The minimum absolute atomic E-state index is 0.0341. The number of likely N-dealkylation sites (tertiary alicyclic amines) is 1. The minimum atomic E-state index is -1.74. The molecule has 2 aliphatic rings. The number of amides is 11. The number of phenols is 1. The summed E-state index contributed by atoms with van der Waals surface area (Å²) in [6.45, 7) is 6.76. The predicted molar refractivity (Wildman–Crippen MR) is 264 cm³/mol. The molecule has 71 heavy (non-hydrogen) atoms. The Bertz CT molecular complexity index is 2100. The minimum Gasteiger partial charge on any atom is -0.508 e. The van der Waals surface area contributed by atoms with Gasteiger partial charge in [0.2, 0.25) is 65.0 Å². The van der Waals surface area contributed by atoms with Crippen LogP contribution in [0.25, 0.3) is 0 Å². The number of carbonyl (C=O) groups is 11. The van der Waals surface area contributed by atoms with Gasteiger partial charge >= 0.3 is 0 Å². The number of phenolic OH excluding ortho intramolecular Hbond substituents is 1. The molecule has 9 atom stereocenters. The fourth-order valence-electron chi connectivity index (χ4n) is 7.82. The summed E-state index contributed by atoms with van der Waals surface area (Å²) in [6.07, 6.45) is -0.589. The number of hydrogen-bond donors (Lipinski definition) is 11. The van der Waals surface area contributed by atoms with Crippen LogP contribution >= 0.6 is 21.6 Å². The van der Waals surface area contributed by atoms with Crippen molar-refractivity contribution in [1.82, 2.24) is 47.0 Å². The standard InChI is InChI=1S/C45H70N12O12S2/c1-7-24(4)37-43(67)50-27(14-15-34(46)59)38(62)52-29(19-35(47)60)39(63)54-32(22-71-70-21-31(49-5)41(65)51-28(40(64)55-37)18-25-10-12-26(58)13-11-25)45(69)57-16-8-9-33(57)42(66)53-30(17-23(2)3)44(68)56(6)20-36(48)61/h10-13,23-24,27-33,37,49,58H,7-9,14-22H2,1-6H3,(H2,46,59)(H2,47,60)(H2,48,61)(H,50,67)(H,51,65)(H,52,62)(H,53,66)(H,54,63)(H,55,64)/t24-,27-,28-,29-,30-,31-,32-,33-,37-/m0/s1. The van der Waals surface area contributed by atoms with Crippen molar-refractivity contribution in [1.29, 1.82) is 0 Å². The topological polar surface area (TPSA) is 377 Å². The van der Waals surface area contributed by atoms with Crippen molar-refractivity contribution >= 4 is 86.6 Å². The lowest BCUT2D eigenvalue weighted by Gasteiger charge is -2.32. The largest absolute Gasteiger partial charge is 0.508 e. The molecule has 0 aliphatic carbocycles. The molecule has 26 heteroatoms. The van der Waals surface area contributed by atoms with Crippen LogP contribution in [0.2, 0.25) is 0 Å². The number of benzene rings is 1. The summed E-state index contributed by atoms with van der Waals surface area (Å²) in [5.74, 6) is -9.77. The quantitative estimate of drug-likeness (QED) is 0.0653. The molecule has 2 aliphatic heterocycles. The number of aromatic hydroxyl groups is 1. The van der Waals surface area contributed by atoms with E-state index in [1.165, 1.54) is 31.1 Å². The van der Waals surface area contributed by atoms with Gasteiger partial charge in [-0.15, -0.1) is 0 Å². The zero-order valence-corrected chi connectivity index (χ0v) is 42.6. The maximum absolute atomic E-state index is 14.6. The van der Waals surface area contributed by atoms with E-state index in [2.05, 4.69) is 37.2 Å². The second-order valence-corrected chi connectivity index (χ2v) is 20.7. The first-order valence-corrected chi connectivity index (χ1v) is 25.9. The van der Waals surface area contributed by atoms with Gasteiger partial charge in [0.05, 0.1) is 19.0 Å². The van der Waals surface area contributed by atoms with Crippen molar-refractivity contribution in [2.75, 3.05) is 38.7 Å². The Morgan fingerprint density at radius 1 is 0.803 bits per heavy atom. The third-order valence-electron chi connectivity index (χ3n) is 11.9. The van der Waals surface area contributed by atoms with Gasteiger partial charge < -0.3 is 69.3 Å². The summed E-state index contributed by atoms with van der Waals surface area (Å²) < 4.78 is 0. The van der Waals surface area contributed by atoms with Crippen molar-refractivity contribution in [3.63, 3.8) is 0 Å². The molecule has 3 rings (SSSR count). The van der Waals surface area contributed by atoms with Gasteiger partial charge in [-0.1, -0.05) is 67.8 Å². The first-order chi connectivity index (χ1) is 33.4. The van der Waals surface area contributed by atoms with Crippen LogP contribution in [-0.2, 0) is 59.2 Å². The molecule has 0 aromatic heterocycles. The molecule has 2 heterocycles. The van der Waals surface area contributed by atoms with Crippen LogP contribution in [0.1, 0.15) is 78.2 Å². The van der Waals surface area contributed by atoms with Gasteiger partial charge in [-0.3, -0.25) is 52.7 Å². The highest BCUT2D eigenvalue weighted by Gasteiger charge is 2.41. The van der Waals surface area contributed by atoms with E-state index in [0.717, 1.165) is 26.5 Å². The summed E-state index contributed by atoms with van der Waals surface area (Å²) in [5, 5.41) is 28.6. The molecule has 11 amide bonds. The molecule has 1 aromatic carbocycles. The van der Waals surface area contributed by atoms with Crippen LogP contribution in [0.15, 0.2) is 24.3 Å². The van der Waals surface area contributed by atoms with E-state index >= 15 is 0 Å². The summed E-state index contributed by atoms with van der Waals surface area (Å²) in [4.78, 5) is 151. The van der Waals surface area contributed by atoms with Crippen molar-refractivity contribution in [3.8, 4) is 5.75 Å². The van der Waals surface area contributed by atoms with Crippen LogP contribution in [0.3, 0.4) is 0 Å². The number of nitrogens with one attached hydrogen (secondary N) is 7. The average Bonchev–Trinajstić information content (AvgIpc) is 3.80. The first kappa shape index (κ1) is 59.2. The highest BCUT2D eigenvalue weighted by molar-refractivity contribution is 8.76. The molecule has 2 fully saturated rings. The number of rotatable bonds is 18. The molecule has 0 saturated carbocycles. The second-order valence-electron chi connectivity index (χ2n) is 18.1. The number of likely N-dealkylation sites (N-methyl/N-ethyl adjacent to an activating group) is 2. The maximum Gasteiger partial charge on any atom is 0.246 e. The Morgan fingerprint density at radius 2 is 1.41 bits per heavy atom. The van der Waals surface area contributed by atoms with Crippen LogP contribution in [0.4, 0.5) is 0 Å². The van der Waals surface area contributed by atoms with Gasteiger partial charge in [0.25, 0.3) is 0 Å². The van der Waals surface area contributed by atoms with E-state index in [0.29, 0.717) is 18.4 Å². The zero-order chi connectivity index (χ0) is 53.1. The van der Waals surface area contributed by atoms with E-state index in [4.69, 9.17) is 17.2 Å². The highest BCUT2D eigenvalue weighted by Crippen LogP contribution is 2.26.